The smallest absolute Gasteiger partial charge is 0.241 e. The number of rotatable bonds is 5. The average molecular weight is 312 g/mol. The molecule has 7 heteroatoms. The van der Waals surface area contributed by atoms with E-state index in [1.54, 1.807) is 12.1 Å². The lowest BCUT2D eigenvalue weighted by atomic mass is 10.1. The lowest BCUT2D eigenvalue weighted by molar-refractivity contribution is -0.124. The minimum absolute atomic E-state index is 0.0610. The van der Waals surface area contributed by atoms with Crippen LogP contribution in [0.2, 0.25) is 0 Å². The molecule has 0 spiro atoms. The number of hydrogen-bond donors (Lipinski definition) is 3. The van der Waals surface area contributed by atoms with Gasteiger partial charge in [-0.3, -0.25) is 4.79 Å². The molecule has 1 fully saturated rings. The van der Waals surface area contributed by atoms with Gasteiger partial charge in [0.15, 0.2) is 0 Å². The summed E-state index contributed by atoms with van der Waals surface area (Å²) in [6, 6.07) is 5.43. The van der Waals surface area contributed by atoms with Crippen molar-refractivity contribution in [3.8, 4) is 0 Å². The second-order valence-corrected chi connectivity index (χ2v) is 6.82. The Bertz CT molecular complexity index is 615. The highest BCUT2D eigenvalue weighted by Gasteiger charge is 2.27. The van der Waals surface area contributed by atoms with Gasteiger partial charge < -0.3 is 10.4 Å². The molecule has 0 bridgehead atoms. The van der Waals surface area contributed by atoms with Gasteiger partial charge in [-0.15, -0.1) is 0 Å². The van der Waals surface area contributed by atoms with Crippen molar-refractivity contribution in [3.63, 3.8) is 0 Å². The Labute approximate surface area is 124 Å². The molecule has 1 aliphatic rings. The van der Waals surface area contributed by atoms with Gasteiger partial charge in [0, 0.05) is 6.54 Å². The molecule has 0 aromatic heterocycles. The van der Waals surface area contributed by atoms with Crippen molar-refractivity contribution in [2.24, 2.45) is 0 Å². The quantitative estimate of drug-likeness (QED) is 0.745. The molecule has 116 valence electrons. The molecule has 2 rings (SSSR count). The minimum atomic E-state index is -3.78. The van der Waals surface area contributed by atoms with Crippen LogP contribution in [0.3, 0.4) is 0 Å². The fourth-order valence-electron chi connectivity index (χ4n) is 2.26. The molecule has 6 nitrogen and oxygen atoms in total. The molecular formula is C14H20N2O4S. The Hall–Kier alpha value is -1.44. The standard InChI is InChI=1S/C14H20N2O4S/c1-2-13(17)10-5-3-6-11(9-10)21(19,20)16-12-7-4-8-15-14(12)18/h3,5-6,9,12-13,16-17H,2,4,7-8H2,1H3,(H,15,18). The number of carbonyl (C=O) groups is 1. The van der Waals surface area contributed by atoms with Crippen LogP contribution in [0.5, 0.6) is 0 Å². The van der Waals surface area contributed by atoms with Gasteiger partial charge in [0.1, 0.15) is 6.04 Å². The Morgan fingerprint density at radius 2 is 2.24 bits per heavy atom. The summed E-state index contributed by atoms with van der Waals surface area (Å²) in [5.41, 5.74) is 0.550. The number of carbonyl (C=O) groups excluding carboxylic acids is 1. The van der Waals surface area contributed by atoms with E-state index in [9.17, 15) is 18.3 Å². The molecule has 1 aromatic rings. The molecular weight excluding hydrogens is 292 g/mol. The van der Waals surface area contributed by atoms with Gasteiger partial charge in [-0.25, -0.2) is 8.42 Å². The molecule has 0 saturated carbocycles. The molecule has 1 aliphatic heterocycles. The van der Waals surface area contributed by atoms with Crippen LogP contribution in [0, 0.1) is 0 Å². The van der Waals surface area contributed by atoms with Crippen LogP contribution in [-0.4, -0.2) is 32.0 Å². The minimum Gasteiger partial charge on any atom is -0.388 e. The summed E-state index contributed by atoms with van der Waals surface area (Å²) in [5, 5.41) is 12.4. The van der Waals surface area contributed by atoms with Crippen LogP contribution >= 0.6 is 0 Å². The molecule has 21 heavy (non-hydrogen) atoms. The summed E-state index contributed by atoms with van der Waals surface area (Å²) in [4.78, 5) is 11.7. The van der Waals surface area contributed by atoms with Gasteiger partial charge in [-0.1, -0.05) is 19.1 Å². The number of nitrogens with one attached hydrogen (secondary N) is 2. The van der Waals surface area contributed by atoms with Gasteiger partial charge >= 0.3 is 0 Å². The first kappa shape index (κ1) is 15.9. The van der Waals surface area contributed by atoms with Crippen molar-refractivity contribution in [2.45, 2.75) is 43.2 Å². The maximum atomic E-state index is 12.3. The van der Waals surface area contributed by atoms with Gasteiger partial charge in [0.2, 0.25) is 15.9 Å². The molecule has 2 atom stereocenters. The molecule has 3 N–H and O–H groups in total. The Morgan fingerprint density at radius 3 is 2.90 bits per heavy atom. The fraction of sp³-hybridized carbons (Fsp3) is 0.500. The zero-order valence-corrected chi connectivity index (χ0v) is 12.7. The van der Waals surface area contributed by atoms with Crippen molar-refractivity contribution < 1.29 is 18.3 Å². The monoisotopic (exact) mass is 312 g/mol. The van der Waals surface area contributed by atoms with Crippen LogP contribution in [-0.2, 0) is 14.8 Å². The van der Waals surface area contributed by atoms with Crippen LogP contribution in [0.25, 0.3) is 0 Å². The second kappa shape index (κ2) is 6.55. The predicted molar refractivity (Wildman–Crippen MR) is 78.0 cm³/mol. The summed E-state index contributed by atoms with van der Waals surface area (Å²) in [6.07, 6.45) is 1.04. The maximum absolute atomic E-state index is 12.3. The highest BCUT2D eigenvalue weighted by molar-refractivity contribution is 7.89. The maximum Gasteiger partial charge on any atom is 0.241 e. The average Bonchev–Trinajstić information content (AvgIpc) is 2.49. The van der Waals surface area contributed by atoms with Crippen LogP contribution in [0.15, 0.2) is 29.2 Å². The molecule has 2 unspecified atom stereocenters. The zero-order chi connectivity index (χ0) is 15.5. The number of aliphatic hydroxyl groups is 1. The van der Waals surface area contributed by atoms with E-state index in [1.807, 2.05) is 6.92 Å². The van der Waals surface area contributed by atoms with Crippen molar-refractivity contribution in [1.29, 1.82) is 0 Å². The molecule has 1 amide bonds. The van der Waals surface area contributed by atoms with Crippen molar-refractivity contribution in [3.05, 3.63) is 29.8 Å². The van der Waals surface area contributed by atoms with E-state index in [0.29, 0.717) is 24.9 Å². The van der Waals surface area contributed by atoms with E-state index in [1.165, 1.54) is 12.1 Å². The Kier molecular flexibility index (Phi) is 4.97. The van der Waals surface area contributed by atoms with Crippen LogP contribution in [0.4, 0.5) is 0 Å². The van der Waals surface area contributed by atoms with Gasteiger partial charge in [0.25, 0.3) is 0 Å². The number of piperidine rings is 1. The lowest BCUT2D eigenvalue weighted by Crippen LogP contribution is -2.50. The summed E-state index contributed by atoms with van der Waals surface area (Å²) in [6.45, 7) is 2.39. The van der Waals surface area contributed by atoms with Gasteiger partial charge in [-0.2, -0.15) is 4.72 Å². The largest absolute Gasteiger partial charge is 0.388 e. The Morgan fingerprint density at radius 1 is 1.48 bits per heavy atom. The third kappa shape index (κ3) is 3.81. The Balaban J connectivity index is 2.21. The molecule has 1 heterocycles. The van der Waals surface area contributed by atoms with Crippen LogP contribution in [0.1, 0.15) is 37.9 Å². The summed E-state index contributed by atoms with van der Waals surface area (Å²) >= 11 is 0. The van der Waals surface area contributed by atoms with Crippen molar-refractivity contribution >= 4 is 15.9 Å². The second-order valence-electron chi connectivity index (χ2n) is 5.10. The van der Waals surface area contributed by atoms with E-state index >= 15 is 0 Å². The van der Waals surface area contributed by atoms with E-state index < -0.39 is 22.2 Å². The molecule has 1 saturated heterocycles. The first-order chi connectivity index (χ1) is 9.94. The molecule has 1 aromatic carbocycles. The van der Waals surface area contributed by atoms with E-state index in [2.05, 4.69) is 10.0 Å². The number of benzene rings is 1. The topological polar surface area (TPSA) is 95.5 Å². The number of sulfonamides is 1. The SMILES string of the molecule is CCC(O)c1cccc(S(=O)(=O)NC2CCCNC2=O)c1. The third-order valence-corrected chi connectivity index (χ3v) is 4.99. The van der Waals surface area contributed by atoms with E-state index in [4.69, 9.17) is 0 Å². The summed E-state index contributed by atoms with van der Waals surface area (Å²) in [5.74, 6) is -0.297. The van der Waals surface area contributed by atoms with Crippen molar-refractivity contribution in [2.75, 3.05) is 6.54 Å². The summed E-state index contributed by atoms with van der Waals surface area (Å²) < 4.78 is 27.1. The van der Waals surface area contributed by atoms with E-state index in [-0.39, 0.29) is 10.8 Å². The lowest BCUT2D eigenvalue weighted by Gasteiger charge is -2.22. The number of hydrogen-bond acceptors (Lipinski definition) is 4. The highest BCUT2D eigenvalue weighted by Crippen LogP contribution is 2.20. The number of amides is 1. The summed E-state index contributed by atoms with van der Waals surface area (Å²) in [7, 11) is -3.78. The fourth-order valence-corrected chi connectivity index (χ4v) is 3.55. The van der Waals surface area contributed by atoms with Crippen LogP contribution < -0.4 is 10.0 Å². The predicted octanol–water partition coefficient (Wildman–Crippen LogP) is 0.687. The molecule has 0 aliphatic carbocycles. The first-order valence-electron chi connectivity index (χ1n) is 7.02. The molecule has 0 radical (unpaired) electrons. The van der Waals surface area contributed by atoms with E-state index in [0.717, 1.165) is 6.42 Å². The van der Waals surface area contributed by atoms with Gasteiger partial charge in [-0.05, 0) is 37.0 Å². The first-order valence-corrected chi connectivity index (χ1v) is 8.50. The number of aliphatic hydroxyl groups excluding tert-OH is 1. The van der Waals surface area contributed by atoms with Gasteiger partial charge in [0.05, 0.1) is 11.0 Å². The zero-order valence-electron chi connectivity index (χ0n) is 11.9. The normalized spacial score (nSPS) is 20.9. The third-order valence-electron chi connectivity index (χ3n) is 3.52. The van der Waals surface area contributed by atoms with Crippen molar-refractivity contribution in [1.82, 2.24) is 10.0 Å². The highest BCUT2D eigenvalue weighted by atomic mass is 32.2.